The van der Waals surface area contributed by atoms with E-state index < -0.39 is 0 Å². The summed E-state index contributed by atoms with van der Waals surface area (Å²) in [6, 6.07) is 16.6. The van der Waals surface area contributed by atoms with Gasteiger partial charge in [0.25, 0.3) is 5.91 Å². The molecule has 3 aromatic heterocycles. The third-order valence-corrected chi connectivity index (χ3v) is 7.77. The van der Waals surface area contributed by atoms with Crippen LogP contribution in [0.15, 0.2) is 79.5 Å². The summed E-state index contributed by atoms with van der Waals surface area (Å²) in [4.78, 5) is 28.0. The number of piperidine rings is 1. The van der Waals surface area contributed by atoms with Crippen LogP contribution < -0.4 is 10.2 Å². The van der Waals surface area contributed by atoms with Crippen molar-refractivity contribution in [3.63, 3.8) is 0 Å². The topological polar surface area (TPSA) is 88.3 Å². The fourth-order valence-corrected chi connectivity index (χ4v) is 5.67. The van der Waals surface area contributed by atoms with Crippen LogP contribution in [0.2, 0.25) is 0 Å². The monoisotopic (exact) mass is 487 g/mol. The van der Waals surface area contributed by atoms with E-state index in [1.165, 1.54) is 16.7 Å². The number of benzene rings is 2. The van der Waals surface area contributed by atoms with Crippen molar-refractivity contribution < 1.29 is 4.79 Å². The maximum Gasteiger partial charge on any atom is 0.254 e. The van der Waals surface area contributed by atoms with Gasteiger partial charge in [0, 0.05) is 40.5 Å². The van der Waals surface area contributed by atoms with E-state index in [-0.39, 0.29) is 17.9 Å². The van der Waals surface area contributed by atoms with Crippen LogP contribution in [0, 0.1) is 18.8 Å². The lowest BCUT2D eigenvalue weighted by Crippen LogP contribution is -2.30. The molecule has 0 radical (unpaired) electrons. The van der Waals surface area contributed by atoms with Crippen molar-refractivity contribution in [1.82, 2.24) is 24.6 Å². The first-order valence-corrected chi connectivity index (χ1v) is 12.4. The summed E-state index contributed by atoms with van der Waals surface area (Å²) in [5.41, 5.74) is 7.80. The van der Waals surface area contributed by atoms with Gasteiger partial charge < -0.3 is 10.2 Å². The number of amides is 1. The summed E-state index contributed by atoms with van der Waals surface area (Å²) in [6.45, 7) is 8.33. The predicted octanol–water partition coefficient (Wildman–Crippen LogP) is 4.85. The molecule has 1 saturated heterocycles. The van der Waals surface area contributed by atoms with Crippen molar-refractivity contribution in [2.75, 3.05) is 10.2 Å². The van der Waals surface area contributed by atoms with Crippen molar-refractivity contribution in [3.8, 4) is 0 Å². The Morgan fingerprint density at radius 1 is 1.03 bits per heavy atom. The molecule has 1 saturated carbocycles. The molecule has 182 valence electrons. The first kappa shape index (κ1) is 21.7. The average Bonchev–Trinajstić information content (AvgIpc) is 3.21. The molecule has 8 heteroatoms. The minimum Gasteiger partial charge on any atom is -0.340 e. The minimum absolute atomic E-state index is 0.0215. The third-order valence-electron chi connectivity index (χ3n) is 7.77. The Morgan fingerprint density at radius 3 is 2.76 bits per heavy atom. The number of aromatic nitrogens is 5. The second-order valence-corrected chi connectivity index (χ2v) is 10.0. The number of carbonyl (C=O) groups is 1. The van der Waals surface area contributed by atoms with Crippen LogP contribution in [0.3, 0.4) is 0 Å². The lowest BCUT2D eigenvalue weighted by Gasteiger charge is -2.21. The molecule has 1 aliphatic heterocycles. The summed E-state index contributed by atoms with van der Waals surface area (Å²) in [6.07, 6.45) is 5.87. The Morgan fingerprint density at radius 2 is 1.92 bits per heavy atom. The normalized spacial score (nSPS) is 20.6. The molecule has 2 aromatic carbocycles. The Kier molecular flexibility index (Phi) is 4.66. The first-order chi connectivity index (χ1) is 18.0. The lowest BCUT2D eigenvalue weighted by atomic mass is 10.0. The second-order valence-electron chi connectivity index (χ2n) is 10.0. The molecule has 37 heavy (non-hydrogen) atoms. The summed E-state index contributed by atoms with van der Waals surface area (Å²) >= 11 is 0. The minimum atomic E-state index is 0.0215. The lowest BCUT2D eigenvalue weighted by molar-refractivity contribution is -0.114. The highest BCUT2D eigenvalue weighted by Gasteiger charge is 2.61. The molecule has 0 unspecified atom stereocenters. The molecule has 1 N–H and O–H groups in total. The Bertz CT molecular complexity index is 1740. The fraction of sp³-hybridized carbons (Fsp3) is 0.207. The number of aryl methyl sites for hydroxylation is 1. The summed E-state index contributed by atoms with van der Waals surface area (Å²) < 4.78 is 1.76. The molecule has 1 amide bonds. The SMILES string of the molecule is C=C1C(=O)N(c2ccc3ncnc(Nc4ccc(Cc5ccn6ncnc6c5)c(C)c4)c3c2)[C@@H]2[C@H](C)[C@H]12. The van der Waals surface area contributed by atoms with Crippen LogP contribution in [0.4, 0.5) is 17.2 Å². The van der Waals surface area contributed by atoms with E-state index in [1.807, 2.05) is 29.3 Å². The van der Waals surface area contributed by atoms with Crippen molar-refractivity contribution in [3.05, 3.63) is 96.2 Å². The van der Waals surface area contributed by atoms with Gasteiger partial charge in [0.1, 0.15) is 18.5 Å². The number of fused-ring (bicyclic) bond motifs is 3. The number of anilines is 3. The molecule has 1 aliphatic carbocycles. The zero-order chi connectivity index (χ0) is 25.3. The van der Waals surface area contributed by atoms with E-state index in [0.29, 0.717) is 11.7 Å². The van der Waals surface area contributed by atoms with Gasteiger partial charge in [-0.25, -0.2) is 19.5 Å². The molecule has 0 spiro atoms. The largest absolute Gasteiger partial charge is 0.340 e. The Hall–Kier alpha value is -4.59. The van der Waals surface area contributed by atoms with Crippen LogP contribution >= 0.6 is 0 Å². The van der Waals surface area contributed by atoms with Gasteiger partial charge in [0.2, 0.25) is 0 Å². The van der Waals surface area contributed by atoms with Crippen LogP contribution in [-0.4, -0.2) is 36.5 Å². The smallest absolute Gasteiger partial charge is 0.254 e. The molecular weight excluding hydrogens is 462 g/mol. The molecule has 5 aromatic rings. The summed E-state index contributed by atoms with van der Waals surface area (Å²) in [7, 11) is 0. The van der Waals surface area contributed by atoms with Crippen molar-refractivity contribution in [2.45, 2.75) is 26.3 Å². The molecule has 7 rings (SSSR count). The van der Waals surface area contributed by atoms with Gasteiger partial charge in [-0.2, -0.15) is 5.10 Å². The standard InChI is InChI=1S/C29H25N7O/c1-16-10-21(5-4-20(16)11-19-8-9-35-25(12-19)31-15-33-35)34-28-23-13-22(6-7-24(23)30-14-32-28)36-27-17(2)26(27)18(3)29(36)37/h4-10,12-15,17,26-27H,3,11H2,1-2H3,(H,30,32,34)/t17-,26-,27-/m1/s1. The van der Waals surface area contributed by atoms with E-state index in [1.54, 1.807) is 17.2 Å². The van der Waals surface area contributed by atoms with Gasteiger partial charge in [-0.15, -0.1) is 0 Å². The zero-order valence-corrected chi connectivity index (χ0v) is 20.6. The van der Waals surface area contributed by atoms with Gasteiger partial charge in [-0.05, 0) is 78.4 Å². The van der Waals surface area contributed by atoms with E-state index in [0.717, 1.165) is 39.9 Å². The fourth-order valence-electron chi connectivity index (χ4n) is 5.67. The molecular formula is C29H25N7O. The molecule has 4 heterocycles. The van der Waals surface area contributed by atoms with Gasteiger partial charge in [0.15, 0.2) is 5.65 Å². The van der Waals surface area contributed by atoms with Crippen LogP contribution in [0.25, 0.3) is 16.6 Å². The van der Waals surface area contributed by atoms with Crippen LogP contribution in [0.5, 0.6) is 0 Å². The summed E-state index contributed by atoms with van der Waals surface area (Å²) in [5.74, 6) is 1.45. The van der Waals surface area contributed by atoms with Crippen molar-refractivity contribution >= 4 is 39.6 Å². The van der Waals surface area contributed by atoms with E-state index in [2.05, 4.69) is 76.1 Å². The van der Waals surface area contributed by atoms with Crippen LogP contribution in [-0.2, 0) is 11.2 Å². The van der Waals surface area contributed by atoms with E-state index in [4.69, 9.17) is 0 Å². The van der Waals surface area contributed by atoms with E-state index in [9.17, 15) is 4.79 Å². The Balaban J connectivity index is 1.17. The predicted molar refractivity (Wildman–Crippen MR) is 143 cm³/mol. The number of nitrogens with zero attached hydrogens (tertiary/aromatic N) is 6. The number of hydrogen-bond acceptors (Lipinski definition) is 6. The maximum atomic E-state index is 12.8. The first-order valence-electron chi connectivity index (χ1n) is 12.4. The third kappa shape index (κ3) is 3.48. The number of hydrogen-bond donors (Lipinski definition) is 1. The Labute approximate surface area is 213 Å². The maximum absolute atomic E-state index is 12.8. The highest BCUT2D eigenvalue weighted by atomic mass is 16.2. The van der Waals surface area contributed by atoms with Gasteiger partial charge >= 0.3 is 0 Å². The van der Waals surface area contributed by atoms with Gasteiger partial charge in [-0.1, -0.05) is 19.6 Å². The molecule has 3 atom stereocenters. The number of pyridine rings is 1. The molecule has 8 nitrogen and oxygen atoms in total. The van der Waals surface area contributed by atoms with Gasteiger partial charge in [0.05, 0.1) is 5.52 Å². The number of rotatable bonds is 5. The highest BCUT2D eigenvalue weighted by molar-refractivity contribution is 6.12. The highest BCUT2D eigenvalue weighted by Crippen LogP contribution is 2.54. The summed E-state index contributed by atoms with van der Waals surface area (Å²) in [5, 5.41) is 8.51. The quantitative estimate of drug-likeness (QED) is 0.357. The number of carbonyl (C=O) groups excluding carboxylic acids is 1. The average molecular weight is 488 g/mol. The zero-order valence-electron chi connectivity index (χ0n) is 20.6. The number of nitrogens with one attached hydrogen (secondary N) is 1. The van der Waals surface area contributed by atoms with E-state index >= 15 is 0 Å². The molecule has 0 bridgehead atoms. The van der Waals surface area contributed by atoms with Crippen molar-refractivity contribution in [2.24, 2.45) is 11.8 Å². The molecule has 2 aliphatic rings. The van der Waals surface area contributed by atoms with Crippen LogP contribution in [0.1, 0.15) is 23.6 Å². The second kappa shape index (κ2) is 7.96. The van der Waals surface area contributed by atoms with Gasteiger partial charge in [-0.3, -0.25) is 4.79 Å². The molecule has 2 fully saturated rings. The van der Waals surface area contributed by atoms with Crippen molar-refractivity contribution in [1.29, 1.82) is 0 Å².